The van der Waals surface area contributed by atoms with Crippen LogP contribution in [-0.2, 0) is 0 Å². The van der Waals surface area contributed by atoms with Gasteiger partial charge in [0.25, 0.3) is 0 Å². The normalized spacial score (nSPS) is 19.9. The summed E-state index contributed by atoms with van der Waals surface area (Å²) in [6, 6.07) is 1.89. The Bertz CT molecular complexity index is 1020. The van der Waals surface area contributed by atoms with Crippen molar-refractivity contribution in [2.75, 3.05) is 33.7 Å². The lowest BCUT2D eigenvalue weighted by atomic mass is 10.1. The highest BCUT2D eigenvalue weighted by atomic mass is 35.5. The van der Waals surface area contributed by atoms with Crippen molar-refractivity contribution in [3.63, 3.8) is 0 Å². The van der Waals surface area contributed by atoms with Gasteiger partial charge >= 0.3 is 6.03 Å². The van der Waals surface area contributed by atoms with Crippen molar-refractivity contribution < 1.29 is 9.18 Å². The van der Waals surface area contributed by atoms with Gasteiger partial charge in [0, 0.05) is 56.6 Å². The number of aromatic nitrogens is 2. The molecule has 0 radical (unpaired) electrons. The largest absolute Gasteiger partial charge is 0.367 e. The van der Waals surface area contributed by atoms with Gasteiger partial charge in [0.15, 0.2) is 5.83 Å². The Morgan fingerprint density at radius 1 is 1.37 bits per heavy atom. The molecule has 10 heteroatoms. The van der Waals surface area contributed by atoms with E-state index in [1.54, 1.807) is 31.4 Å². The summed E-state index contributed by atoms with van der Waals surface area (Å²) in [6.45, 7) is 1.31. The van der Waals surface area contributed by atoms with E-state index in [1.807, 2.05) is 11.0 Å². The summed E-state index contributed by atoms with van der Waals surface area (Å²) in [5, 5.41) is 7.74. The van der Waals surface area contributed by atoms with E-state index in [4.69, 9.17) is 11.6 Å². The highest BCUT2D eigenvalue weighted by molar-refractivity contribution is 6.31. The number of H-pyrrole nitrogens is 1. The van der Waals surface area contributed by atoms with Crippen LogP contribution < -0.4 is 10.6 Å². The van der Waals surface area contributed by atoms with Crippen LogP contribution in [0.25, 0.3) is 11.0 Å². The minimum atomic E-state index is -0.333. The van der Waals surface area contributed by atoms with Crippen LogP contribution in [0.4, 0.5) is 9.18 Å². The zero-order valence-corrected chi connectivity index (χ0v) is 17.8. The van der Waals surface area contributed by atoms with E-state index in [2.05, 4.69) is 25.6 Å². The molecule has 3 N–H and O–H groups in total. The van der Waals surface area contributed by atoms with Gasteiger partial charge in [0.2, 0.25) is 0 Å². The number of pyridine rings is 1. The number of hydrogen-bond acceptors (Lipinski definition) is 5. The lowest BCUT2D eigenvalue weighted by Gasteiger charge is -2.26. The fourth-order valence-electron chi connectivity index (χ4n) is 3.81. The zero-order valence-electron chi connectivity index (χ0n) is 17.0. The number of halogens is 2. The summed E-state index contributed by atoms with van der Waals surface area (Å²) in [5.41, 5.74) is 1.48. The van der Waals surface area contributed by atoms with E-state index in [0.717, 1.165) is 30.2 Å². The van der Waals surface area contributed by atoms with Crippen LogP contribution in [0.15, 0.2) is 35.1 Å². The number of hydrogen-bond donors (Lipinski definition) is 3. The molecule has 2 amide bonds. The Labute approximate surface area is 179 Å². The second kappa shape index (κ2) is 8.51. The number of carbonyl (C=O) groups is 1. The zero-order chi connectivity index (χ0) is 21.3. The van der Waals surface area contributed by atoms with Gasteiger partial charge in [-0.1, -0.05) is 11.6 Å². The third-order valence-electron chi connectivity index (χ3n) is 5.37. The molecule has 2 aliphatic rings. The van der Waals surface area contributed by atoms with Gasteiger partial charge in [0.1, 0.15) is 17.3 Å². The van der Waals surface area contributed by atoms with Crippen LogP contribution in [0.3, 0.4) is 0 Å². The molecule has 0 spiro atoms. The number of likely N-dealkylation sites (tertiary alicyclic amines) is 1. The molecule has 0 bridgehead atoms. The van der Waals surface area contributed by atoms with Crippen LogP contribution in [0, 0.1) is 0 Å². The van der Waals surface area contributed by atoms with Gasteiger partial charge in [-0.05, 0) is 25.3 Å². The quantitative estimate of drug-likeness (QED) is 0.694. The van der Waals surface area contributed by atoms with Gasteiger partial charge in [0.05, 0.1) is 11.6 Å². The Morgan fingerprint density at radius 2 is 2.20 bits per heavy atom. The number of nitrogens with zero attached hydrogens (tertiary/aromatic N) is 4. The molecule has 0 aromatic carbocycles. The first kappa shape index (κ1) is 20.5. The number of amides is 2. The molecule has 160 valence electrons. The van der Waals surface area contributed by atoms with E-state index >= 15 is 0 Å². The monoisotopic (exact) mass is 433 g/mol. The molecule has 0 aliphatic carbocycles. The number of fused-ring (bicyclic) bond motifs is 1. The molecule has 0 saturated carbocycles. The van der Waals surface area contributed by atoms with Crippen molar-refractivity contribution >= 4 is 34.5 Å². The van der Waals surface area contributed by atoms with E-state index in [-0.39, 0.29) is 24.4 Å². The molecule has 1 fully saturated rings. The highest BCUT2D eigenvalue weighted by Gasteiger charge is 2.25. The lowest BCUT2D eigenvalue weighted by molar-refractivity contribution is 0.172. The summed E-state index contributed by atoms with van der Waals surface area (Å²) in [7, 11) is 3.51. The Morgan fingerprint density at radius 3 is 3.00 bits per heavy atom. The van der Waals surface area contributed by atoms with Crippen molar-refractivity contribution in [1.82, 2.24) is 30.4 Å². The van der Waals surface area contributed by atoms with Crippen molar-refractivity contribution in [3.05, 3.63) is 40.7 Å². The molecular weight excluding hydrogens is 409 g/mol. The molecule has 4 heterocycles. The maximum absolute atomic E-state index is 14.5. The number of aliphatic imine (C=N–C) groups is 1. The Kier molecular flexibility index (Phi) is 5.80. The summed E-state index contributed by atoms with van der Waals surface area (Å²) < 4.78 is 14.5. The summed E-state index contributed by atoms with van der Waals surface area (Å²) in [6.07, 6.45) is 5.83. The molecular formula is C20H25ClFN7O. The first-order valence-electron chi connectivity index (χ1n) is 9.98. The predicted octanol–water partition coefficient (Wildman–Crippen LogP) is 2.83. The third-order valence-corrected chi connectivity index (χ3v) is 5.58. The molecule has 2 aromatic rings. The van der Waals surface area contributed by atoms with Crippen LogP contribution in [0.1, 0.15) is 24.8 Å². The van der Waals surface area contributed by atoms with Gasteiger partial charge in [-0.15, -0.1) is 0 Å². The molecule has 2 aliphatic heterocycles. The van der Waals surface area contributed by atoms with Crippen LogP contribution in [-0.4, -0.2) is 71.4 Å². The molecule has 2 aromatic heterocycles. The fraction of sp³-hybridized carbons (Fsp3) is 0.450. The van der Waals surface area contributed by atoms with Crippen LogP contribution in [0.2, 0.25) is 5.02 Å². The van der Waals surface area contributed by atoms with Crippen molar-refractivity contribution in [2.45, 2.75) is 25.3 Å². The third kappa shape index (κ3) is 4.21. The van der Waals surface area contributed by atoms with Crippen LogP contribution >= 0.6 is 11.6 Å². The number of nitrogens with one attached hydrogen (secondary N) is 3. The number of carbonyl (C=O) groups excluding carboxylic acids is 1. The molecule has 8 nitrogen and oxygen atoms in total. The van der Waals surface area contributed by atoms with E-state index < -0.39 is 0 Å². The maximum atomic E-state index is 14.5. The van der Waals surface area contributed by atoms with Crippen LogP contribution in [0.5, 0.6) is 0 Å². The SMILES string of the molecule is CN(C)C(=O)N1CCCC(NC2=C(F)CN=C(c3c[nH]c4ncc(Cl)cc34)N2)CC1. The summed E-state index contributed by atoms with van der Waals surface area (Å²) in [5.74, 6) is 0.564. The van der Waals surface area contributed by atoms with Crippen molar-refractivity contribution in [1.29, 1.82) is 0 Å². The minimum absolute atomic E-state index is 0.0119. The predicted molar refractivity (Wildman–Crippen MR) is 115 cm³/mol. The summed E-state index contributed by atoms with van der Waals surface area (Å²) >= 11 is 6.09. The smallest absolute Gasteiger partial charge is 0.319 e. The maximum Gasteiger partial charge on any atom is 0.319 e. The van der Waals surface area contributed by atoms with E-state index in [0.29, 0.717) is 35.4 Å². The number of amidine groups is 1. The lowest BCUT2D eigenvalue weighted by Crippen LogP contribution is -2.42. The first-order chi connectivity index (χ1) is 14.4. The minimum Gasteiger partial charge on any atom is -0.367 e. The molecule has 30 heavy (non-hydrogen) atoms. The van der Waals surface area contributed by atoms with E-state index in [1.165, 1.54) is 0 Å². The second-order valence-electron chi connectivity index (χ2n) is 7.76. The highest BCUT2D eigenvalue weighted by Crippen LogP contribution is 2.23. The fourth-order valence-corrected chi connectivity index (χ4v) is 3.97. The number of aromatic amines is 1. The number of rotatable bonds is 3. The topological polar surface area (TPSA) is 88.7 Å². The van der Waals surface area contributed by atoms with E-state index in [9.17, 15) is 9.18 Å². The van der Waals surface area contributed by atoms with Gasteiger partial charge < -0.3 is 25.4 Å². The van der Waals surface area contributed by atoms with Gasteiger partial charge in [-0.2, -0.15) is 0 Å². The molecule has 1 atom stereocenters. The molecule has 1 unspecified atom stereocenters. The number of urea groups is 1. The van der Waals surface area contributed by atoms with Gasteiger partial charge in [-0.25, -0.2) is 14.2 Å². The molecule has 1 saturated heterocycles. The average Bonchev–Trinajstić information content (AvgIpc) is 2.99. The first-order valence-corrected chi connectivity index (χ1v) is 10.4. The molecule has 4 rings (SSSR count). The standard InChI is InChI=1S/C20H25ClFN7O/c1-28(2)20(30)29-6-3-4-13(5-7-29)26-19-16(22)11-25-18(27-19)15-10-24-17-14(15)8-12(21)9-23-17/h8-10,13,26H,3-7,11H2,1-2H3,(H,23,24)(H,25,27). The Balaban J connectivity index is 1.45. The second-order valence-corrected chi connectivity index (χ2v) is 8.19. The van der Waals surface area contributed by atoms with Gasteiger partial charge in [-0.3, -0.25) is 4.99 Å². The van der Waals surface area contributed by atoms with Crippen molar-refractivity contribution in [3.8, 4) is 0 Å². The van der Waals surface area contributed by atoms with Crippen molar-refractivity contribution in [2.24, 2.45) is 4.99 Å². The average molecular weight is 434 g/mol. The summed E-state index contributed by atoms with van der Waals surface area (Å²) in [4.78, 5) is 27.3. The Hall–Kier alpha value is -2.81.